The number of allylic oxidation sites excluding steroid dienone is 1. The Hall–Kier alpha value is -1.14. The van der Waals surface area contributed by atoms with Crippen LogP contribution in [0.4, 0.5) is 0 Å². The lowest BCUT2D eigenvalue weighted by Gasteiger charge is -2.59. The number of ketones is 1. The van der Waals surface area contributed by atoms with E-state index in [1.807, 2.05) is 6.08 Å². The quantitative estimate of drug-likeness (QED) is 0.786. The molecule has 4 rings (SSSR count). The highest BCUT2D eigenvalue weighted by atomic mass is 16.3. The summed E-state index contributed by atoms with van der Waals surface area (Å²) in [6.45, 7) is 4.64. The molecular weight excluding hydrogens is 298 g/mol. The molecule has 0 spiro atoms. The fourth-order valence-corrected chi connectivity index (χ4v) is 7.09. The molecule has 0 aromatic carbocycles. The lowest BCUT2D eigenvalue weighted by atomic mass is 9.46. The number of nitrogens with zero attached hydrogens (tertiary/aromatic N) is 1. The molecule has 24 heavy (non-hydrogen) atoms. The fourth-order valence-electron chi connectivity index (χ4n) is 7.09. The van der Waals surface area contributed by atoms with Crippen molar-refractivity contribution in [1.82, 2.24) is 0 Å². The zero-order valence-corrected chi connectivity index (χ0v) is 15.0. The molecule has 3 heteroatoms. The van der Waals surface area contributed by atoms with Crippen molar-refractivity contribution in [3.05, 3.63) is 11.6 Å². The van der Waals surface area contributed by atoms with Gasteiger partial charge in [-0.3, -0.25) is 4.79 Å². The van der Waals surface area contributed by atoms with Crippen molar-refractivity contribution in [3.63, 3.8) is 0 Å². The van der Waals surface area contributed by atoms with Crippen molar-refractivity contribution >= 4 is 5.78 Å². The summed E-state index contributed by atoms with van der Waals surface area (Å²) >= 11 is 0. The summed E-state index contributed by atoms with van der Waals surface area (Å²) in [7, 11) is 0. The van der Waals surface area contributed by atoms with Crippen molar-refractivity contribution in [1.29, 1.82) is 5.26 Å². The second kappa shape index (κ2) is 5.18. The lowest BCUT2D eigenvalue weighted by molar-refractivity contribution is -0.128. The average Bonchev–Trinajstić information content (AvgIpc) is 2.80. The van der Waals surface area contributed by atoms with E-state index >= 15 is 0 Å². The maximum Gasteiger partial charge on any atom is 0.155 e. The van der Waals surface area contributed by atoms with Gasteiger partial charge in [-0.15, -0.1) is 0 Å². The first kappa shape index (κ1) is 16.3. The normalized spacial score (nSPS) is 50.3. The summed E-state index contributed by atoms with van der Waals surface area (Å²) < 4.78 is 0. The van der Waals surface area contributed by atoms with Crippen LogP contribution in [-0.2, 0) is 4.79 Å². The number of nitriles is 1. The van der Waals surface area contributed by atoms with E-state index in [1.165, 1.54) is 5.57 Å². The fraction of sp³-hybridized carbons (Fsp3) is 0.810. The molecule has 0 heterocycles. The molecule has 4 aliphatic rings. The SMILES string of the molecule is C[C@]12CCC(=O)C=C1CC[C@@H]1[C@H]2CC[C@@]2(C)[C@H]1CC[C@@]2(O)CC#N. The van der Waals surface area contributed by atoms with Crippen LogP contribution in [0.15, 0.2) is 11.6 Å². The van der Waals surface area contributed by atoms with Crippen molar-refractivity contribution in [2.75, 3.05) is 0 Å². The van der Waals surface area contributed by atoms with Gasteiger partial charge in [0.05, 0.1) is 18.1 Å². The van der Waals surface area contributed by atoms with Gasteiger partial charge in [0.25, 0.3) is 0 Å². The van der Waals surface area contributed by atoms with Gasteiger partial charge in [0, 0.05) is 11.8 Å². The Morgan fingerprint density at radius 2 is 1.92 bits per heavy atom. The predicted molar refractivity (Wildman–Crippen MR) is 91.9 cm³/mol. The maximum atomic E-state index is 11.9. The van der Waals surface area contributed by atoms with Crippen molar-refractivity contribution in [2.45, 2.75) is 77.2 Å². The van der Waals surface area contributed by atoms with Gasteiger partial charge in [0.2, 0.25) is 0 Å². The van der Waals surface area contributed by atoms with Gasteiger partial charge in [0.1, 0.15) is 0 Å². The highest BCUT2D eigenvalue weighted by molar-refractivity contribution is 5.91. The van der Waals surface area contributed by atoms with Gasteiger partial charge in [0.15, 0.2) is 5.78 Å². The van der Waals surface area contributed by atoms with Gasteiger partial charge < -0.3 is 5.11 Å². The Morgan fingerprint density at radius 1 is 1.17 bits per heavy atom. The summed E-state index contributed by atoms with van der Waals surface area (Å²) in [5, 5.41) is 20.4. The van der Waals surface area contributed by atoms with Crippen LogP contribution in [0.1, 0.15) is 71.6 Å². The Kier molecular flexibility index (Phi) is 3.52. The molecule has 0 unspecified atom stereocenters. The Bertz CT molecular complexity index is 647. The van der Waals surface area contributed by atoms with Crippen LogP contribution in [0, 0.1) is 39.9 Å². The first-order valence-electron chi connectivity index (χ1n) is 9.67. The van der Waals surface area contributed by atoms with Gasteiger partial charge in [-0.25, -0.2) is 0 Å². The third-order valence-corrected chi connectivity index (χ3v) is 8.66. The predicted octanol–water partition coefficient (Wildman–Crippen LogP) is 4.16. The van der Waals surface area contributed by atoms with E-state index in [4.69, 9.17) is 0 Å². The monoisotopic (exact) mass is 327 g/mol. The number of carbonyl (C=O) groups excluding carboxylic acids is 1. The highest BCUT2D eigenvalue weighted by Crippen LogP contribution is 2.67. The first-order chi connectivity index (χ1) is 11.3. The van der Waals surface area contributed by atoms with Gasteiger partial charge >= 0.3 is 0 Å². The van der Waals surface area contributed by atoms with Crippen LogP contribution in [0.5, 0.6) is 0 Å². The van der Waals surface area contributed by atoms with Crippen LogP contribution < -0.4 is 0 Å². The van der Waals surface area contributed by atoms with Crippen molar-refractivity contribution in [2.24, 2.45) is 28.6 Å². The minimum Gasteiger partial charge on any atom is -0.388 e. The first-order valence-corrected chi connectivity index (χ1v) is 9.67. The molecule has 0 aromatic heterocycles. The molecule has 0 amide bonds. The molecule has 0 aromatic rings. The third-order valence-electron chi connectivity index (χ3n) is 8.66. The molecule has 0 aliphatic heterocycles. The molecule has 0 bridgehead atoms. The number of aliphatic hydroxyl groups is 1. The zero-order chi connectivity index (χ0) is 17.2. The second-order valence-electron chi connectivity index (χ2n) is 9.33. The molecule has 0 saturated heterocycles. The number of fused-ring (bicyclic) bond motifs is 5. The number of carbonyl (C=O) groups is 1. The van der Waals surface area contributed by atoms with E-state index in [1.54, 1.807) is 0 Å². The molecule has 0 radical (unpaired) electrons. The number of hydrogen-bond acceptors (Lipinski definition) is 3. The molecule has 3 nitrogen and oxygen atoms in total. The molecular formula is C21H29NO2. The van der Waals surface area contributed by atoms with Gasteiger partial charge in [-0.05, 0) is 74.2 Å². The van der Waals surface area contributed by atoms with Crippen LogP contribution in [0.2, 0.25) is 0 Å². The lowest BCUT2D eigenvalue weighted by Crippen LogP contribution is -2.54. The summed E-state index contributed by atoms with van der Waals surface area (Å²) in [5.74, 6) is 2.14. The Morgan fingerprint density at radius 3 is 2.67 bits per heavy atom. The van der Waals surface area contributed by atoms with E-state index in [2.05, 4.69) is 19.9 Å². The molecule has 1 N–H and O–H groups in total. The molecule has 3 saturated carbocycles. The van der Waals surface area contributed by atoms with Crippen LogP contribution in [0.25, 0.3) is 0 Å². The standard InChI is InChI=1S/C21H29NO2/c1-19-8-5-15(23)13-14(19)3-4-16-17(19)6-9-20(2)18(16)7-10-21(20,24)11-12-22/h13,16-18,24H,3-11H2,1-2H3/t16-,17-,18+,19+,20+,21-/m1/s1. The minimum atomic E-state index is -0.795. The van der Waals surface area contributed by atoms with Gasteiger partial charge in [-0.2, -0.15) is 5.26 Å². The molecule has 4 aliphatic carbocycles. The summed E-state index contributed by atoms with van der Waals surface area (Å²) in [6.07, 6.45) is 10.1. The van der Waals surface area contributed by atoms with E-state index < -0.39 is 5.60 Å². The van der Waals surface area contributed by atoms with Crippen LogP contribution in [-0.4, -0.2) is 16.5 Å². The molecule has 6 atom stereocenters. The number of rotatable bonds is 1. The largest absolute Gasteiger partial charge is 0.388 e. The molecule has 3 fully saturated rings. The van der Waals surface area contributed by atoms with Crippen molar-refractivity contribution < 1.29 is 9.90 Å². The van der Waals surface area contributed by atoms with Crippen LogP contribution in [0.3, 0.4) is 0 Å². The van der Waals surface area contributed by atoms with Crippen LogP contribution >= 0.6 is 0 Å². The number of hydrogen-bond donors (Lipinski definition) is 1. The second-order valence-corrected chi connectivity index (χ2v) is 9.33. The summed E-state index contributed by atoms with van der Waals surface area (Å²) in [4.78, 5) is 11.9. The topological polar surface area (TPSA) is 61.1 Å². The smallest absolute Gasteiger partial charge is 0.155 e. The summed E-state index contributed by atoms with van der Waals surface area (Å²) in [6, 6.07) is 2.24. The summed E-state index contributed by atoms with van der Waals surface area (Å²) in [5.41, 5.74) is 0.686. The van der Waals surface area contributed by atoms with E-state index in [0.29, 0.717) is 30.0 Å². The highest BCUT2D eigenvalue weighted by Gasteiger charge is 2.63. The zero-order valence-electron chi connectivity index (χ0n) is 15.0. The minimum absolute atomic E-state index is 0.105. The Labute approximate surface area is 145 Å². The third kappa shape index (κ3) is 1.96. The maximum absolute atomic E-state index is 11.9. The van der Waals surface area contributed by atoms with Gasteiger partial charge in [-0.1, -0.05) is 19.4 Å². The van der Waals surface area contributed by atoms with E-state index in [9.17, 15) is 15.2 Å². The van der Waals surface area contributed by atoms with E-state index in [-0.39, 0.29) is 17.3 Å². The van der Waals surface area contributed by atoms with E-state index in [0.717, 1.165) is 44.9 Å². The average molecular weight is 327 g/mol. The Balaban J connectivity index is 1.67. The molecule has 130 valence electrons. The van der Waals surface area contributed by atoms with Crippen molar-refractivity contribution in [3.8, 4) is 6.07 Å².